The number of nitrogens with one attached hydrogen (secondary N) is 2. The SMILES string of the molecule is CCS(=O)(=O)c1ccc2oc(SCC(=O)Nc3ccc(NC(C)=O)cc3)nc2c1. The van der Waals surface area contributed by atoms with Crippen molar-refractivity contribution < 1.29 is 22.4 Å². The summed E-state index contributed by atoms with van der Waals surface area (Å²) in [6, 6.07) is 11.3. The van der Waals surface area contributed by atoms with Crippen LogP contribution in [0.2, 0.25) is 0 Å². The summed E-state index contributed by atoms with van der Waals surface area (Å²) >= 11 is 1.11. The van der Waals surface area contributed by atoms with E-state index in [-0.39, 0.29) is 33.4 Å². The minimum absolute atomic E-state index is 0.00390. The molecule has 0 radical (unpaired) electrons. The Balaban J connectivity index is 1.61. The maximum absolute atomic E-state index is 12.1. The largest absolute Gasteiger partial charge is 0.431 e. The van der Waals surface area contributed by atoms with E-state index in [2.05, 4.69) is 15.6 Å². The van der Waals surface area contributed by atoms with Crippen molar-refractivity contribution in [3.63, 3.8) is 0 Å². The number of benzene rings is 2. The Labute approximate surface area is 172 Å². The Bertz CT molecular complexity index is 1150. The van der Waals surface area contributed by atoms with Crippen molar-refractivity contribution in [2.75, 3.05) is 22.1 Å². The molecule has 3 rings (SSSR count). The van der Waals surface area contributed by atoms with Crippen LogP contribution in [0.15, 0.2) is 57.0 Å². The zero-order valence-electron chi connectivity index (χ0n) is 15.8. The fourth-order valence-electron chi connectivity index (χ4n) is 2.47. The molecule has 1 heterocycles. The van der Waals surface area contributed by atoms with Gasteiger partial charge in [0.2, 0.25) is 11.8 Å². The molecule has 152 valence electrons. The number of hydrogen-bond acceptors (Lipinski definition) is 7. The third-order valence-electron chi connectivity index (χ3n) is 3.89. The van der Waals surface area contributed by atoms with Crippen LogP contribution in [0.1, 0.15) is 13.8 Å². The molecular weight excluding hydrogens is 414 g/mol. The topological polar surface area (TPSA) is 118 Å². The molecule has 1 aromatic heterocycles. The molecule has 0 unspecified atom stereocenters. The fraction of sp³-hybridized carbons (Fsp3) is 0.211. The lowest BCUT2D eigenvalue weighted by Crippen LogP contribution is -2.14. The highest BCUT2D eigenvalue weighted by Gasteiger charge is 2.15. The highest BCUT2D eigenvalue weighted by molar-refractivity contribution is 7.99. The molecule has 0 saturated carbocycles. The number of carbonyl (C=O) groups is 2. The normalized spacial score (nSPS) is 11.4. The van der Waals surface area contributed by atoms with E-state index in [0.717, 1.165) is 11.8 Å². The molecule has 3 aromatic rings. The van der Waals surface area contributed by atoms with Gasteiger partial charge in [-0.25, -0.2) is 13.4 Å². The van der Waals surface area contributed by atoms with Gasteiger partial charge in [0, 0.05) is 18.3 Å². The summed E-state index contributed by atoms with van der Waals surface area (Å²) in [5.74, 6) is -0.348. The third-order valence-corrected chi connectivity index (χ3v) is 6.45. The number of rotatable bonds is 7. The lowest BCUT2D eigenvalue weighted by atomic mass is 10.3. The summed E-state index contributed by atoms with van der Waals surface area (Å²) in [5, 5.41) is 5.67. The number of hydrogen-bond donors (Lipinski definition) is 2. The van der Waals surface area contributed by atoms with Gasteiger partial charge in [-0.05, 0) is 42.5 Å². The minimum Gasteiger partial charge on any atom is -0.431 e. The lowest BCUT2D eigenvalue weighted by molar-refractivity contribution is -0.114. The second-order valence-electron chi connectivity index (χ2n) is 6.11. The zero-order chi connectivity index (χ0) is 21.0. The van der Waals surface area contributed by atoms with Crippen molar-refractivity contribution in [1.29, 1.82) is 0 Å². The molecule has 0 aliphatic rings. The van der Waals surface area contributed by atoms with E-state index in [1.165, 1.54) is 19.1 Å². The number of amides is 2. The first kappa shape index (κ1) is 20.9. The van der Waals surface area contributed by atoms with Crippen LogP contribution in [0.4, 0.5) is 11.4 Å². The van der Waals surface area contributed by atoms with E-state index in [9.17, 15) is 18.0 Å². The number of thioether (sulfide) groups is 1. The first-order chi connectivity index (χ1) is 13.8. The fourth-order valence-corrected chi connectivity index (χ4v) is 4.01. The Morgan fingerprint density at radius 1 is 1.07 bits per heavy atom. The first-order valence-electron chi connectivity index (χ1n) is 8.70. The van der Waals surface area contributed by atoms with Crippen LogP contribution in [0.5, 0.6) is 0 Å². The summed E-state index contributed by atoms with van der Waals surface area (Å²) in [7, 11) is -3.33. The van der Waals surface area contributed by atoms with Crippen LogP contribution in [0, 0.1) is 0 Å². The molecule has 0 fully saturated rings. The summed E-state index contributed by atoms with van der Waals surface area (Å²) < 4.78 is 29.5. The van der Waals surface area contributed by atoms with Crippen LogP contribution >= 0.6 is 11.8 Å². The van der Waals surface area contributed by atoms with Crippen LogP contribution in [-0.4, -0.2) is 36.7 Å². The van der Waals surface area contributed by atoms with Gasteiger partial charge in [0.25, 0.3) is 5.22 Å². The first-order valence-corrected chi connectivity index (χ1v) is 11.3. The Hall–Kier alpha value is -2.85. The van der Waals surface area contributed by atoms with E-state index >= 15 is 0 Å². The van der Waals surface area contributed by atoms with Crippen molar-refractivity contribution in [3.8, 4) is 0 Å². The molecule has 29 heavy (non-hydrogen) atoms. The summed E-state index contributed by atoms with van der Waals surface area (Å²) in [6.07, 6.45) is 0. The second kappa shape index (κ2) is 8.66. The van der Waals surface area contributed by atoms with Crippen molar-refractivity contribution in [1.82, 2.24) is 4.98 Å². The predicted molar refractivity (Wildman–Crippen MR) is 112 cm³/mol. The number of carbonyl (C=O) groups excluding carboxylic acids is 2. The zero-order valence-corrected chi connectivity index (χ0v) is 17.4. The van der Waals surface area contributed by atoms with Crippen LogP contribution in [-0.2, 0) is 19.4 Å². The highest BCUT2D eigenvalue weighted by Crippen LogP contribution is 2.26. The molecule has 2 N–H and O–H groups in total. The molecule has 0 atom stereocenters. The maximum atomic E-state index is 12.1. The number of fused-ring (bicyclic) bond motifs is 1. The minimum atomic E-state index is -3.33. The quantitative estimate of drug-likeness (QED) is 0.549. The third kappa shape index (κ3) is 5.36. The molecule has 0 spiro atoms. The van der Waals surface area contributed by atoms with Gasteiger partial charge in [-0.1, -0.05) is 18.7 Å². The molecule has 10 heteroatoms. The monoisotopic (exact) mass is 433 g/mol. The molecule has 0 bridgehead atoms. The van der Waals surface area contributed by atoms with Crippen LogP contribution in [0.25, 0.3) is 11.1 Å². The molecule has 2 aromatic carbocycles. The molecule has 2 amide bonds. The number of nitrogens with zero attached hydrogens (tertiary/aromatic N) is 1. The summed E-state index contributed by atoms with van der Waals surface area (Å²) in [6.45, 7) is 3.00. The molecule has 0 aliphatic heterocycles. The standard InChI is InChI=1S/C19H19N3O5S2/c1-3-29(25,26)15-8-9-17-16(10-15)22-19(27-17)28-11-18(24)21-14-6-4-13(5-7-14)20-12(2)23/h4-10H,3,11H2,1-2H3,(H,20,23)(H,21,24). The van der Waals surface area contributed by atoms with E-state index in [0.29, 0.717) is 22.5 Å². The molecule has 8 nitrogen and oxygen atoms in total. The number of anilines is 2. The van der Waals surface area contributed by atoms with Gasteiger partial charge < -0.3 is 15.1 Å². The molecule has 0 saturated heterocycles. The van der Waals surface area contributed by atoms with E-state index in [4.69, 9.17) is 4.42 Å². The Morgan fingerprint density at radius 3 is 2.34 bits per heavy atom. The summed E-state index contributed by atoms with van der Waals surface area (Å²) in [4.78, 5) is 27.6. The van der Waals surface area contributed by atoms with Gasteiger partial charge in [-0.2, -0.15) is 0 Å². The number of sulfone groups is 1. The van der Waals surface area contributed by atoms with Crippen LogP contribution < -0.4 is 10.6 Å². The number of aromatic nitrogens is 1. The van der Waals surface area contributed by atoms with E-state index in [1.807, 2.05) is 0 Å². The van der Waals surface area contributed by atoms with E-state index in [1.54, 1.807) is 37.3 Å². The Kier molecular flexibility index (Phi) is 6.23. The molecular formula is C19H19N3O5S2. The Morgan fingerprint density at radius 2 is 1.72 bits per heavy atom. The second-order valence-corrected chi connectivity index (χ2v) is 9.31. The van der Waals surface area contributed by atoms with Crippen molar-refractivity contribution in [2.24, 2.45) is 0 Å². The summed E-state index contributed by atoms with van der Waals surface area (Å²) in [5.41, 5.74) is 2.12. The van der Waals surface area contributed by atoms with Crippen molar-refractivity contribution in [3.05, 3.63) is 42.5 Å². The van der Waals surface area contributed by atoms with Gasteiger partial charge in [-0.15, -0.1) is 0 Å². The van der Waals surface area contributed by atoms with Gasteiger partial charge >= 0.3 is 0 Å². The van der Waals surface area contributed by atoms with Gasteiger partial charge in [0.15, 0.2) is 15.4 Å². The van der Waals surface area contributed by atoms with Gasteiger partial charge in [0.1, 0.15) is 5.52 Å². The average molecular weight is 434 g/mol. The average Bonchev–Trinajstić information content (AvgIpc) is 3.09. The van der Waals surface area contributed by atoms with Crippen molar-refractivity contribution >= 4 is 55.9 Å². The van der Waals surface area contributed by atoms with Crippen LogP contribution in [0.3, 0.4) is 0 Å². The van der Waals surface area contributed by atoms with Crippen molar-refractivity contribution in [2.45, 2.75) is 24.0 Å². The predicted octanol–water partition coefficient (Wildman–Crippen LogP) is 3.31. The smallest absolute Gasteiger partial charge is 0.257 e. The number of oxazole rings is 1. The highest BCUT2D eigenvalue weighted by atomic mass is 32.2. The maximum Gasteiger partial charge on any atom is 0.257 e. The van der Waals surface area contributed by atoms with Gasteiger partial charge in [-0.3, -0.25) is 9.59 Å². The van der Waals surface area contributed by atoms with Gasteiger partial charge in [0.05, 0.1) is 16.4 Å². The van der Waals surface area contributed by atoms with E-state index < -0.39 is 9.84 Å². The molecule has 0 aliphatic carbocycles. The lowest BCUT2D eigenvalue weighted by Gasteiger charge is -2.06.